The summed E-state index contributed by atoms with van der Waals surface area (Å²) in [6.45, 7) is 2.46. The molecule has 1 aliphatic carbocycles. The molecule has 0 bridgehead atoms. The molecule has 5 heteroatoms. The first-order chi connectivity index (χ1) is 9.15. The number of piperidine rings is 1. The summed E-state index contributed by atoms with van der Waals surface area (Å²) < 4.78 is 5.31. The highest BCUT2D eigenvalue weighted by molar-refractivity contribution is 6.31. The molecule has 2 heterocycles. The number of nitrogens with zero attached hydrogens (tertiary/aromatic N) is 2. The van der Waals surface area contributed by atoms with Crippen LogP contribution in [0.5, 0.6) is 0 Å². The third-order valence-corrected chi connectivity index (χ3v) is 4.54. The van der Waals surface area contributed by atoms with Crippen molar-refractivity contribution in [1.82, 2.24) is 9.80 Å². The molecule has 0 spiro atoms. The van der Waals surface area contributed by atoms with E-state index in [9.17, 15) is 4.79 Å². The molecule has 2 aliphatic heterocycles. The molecule has 104 valence electrons. The van der Waals surface area contributed by atoms with Crippen molar-refractivity contribution in [2.75, 3.05) is 26.7 Å². The fourth-order valence-electron chi connectivity index (χ4n) is 3.16. The number of fused-ring (bicyclic) bond motifs is 1. The highest BCUT2D eigenvalue weighted by Crippen LogP contribution is 2.32. The van der Waals surface area contributed by atoms with Crippen molar-refractivity contribution in [1.29, 1.82) is 0 Å². The Morgan fingerprint density at radius 1 is 1.37 bits per heavy atom. The van der Waals surface area contributed by atoms with E-state index in [0.717, 1.165) is 43.0 Å². The van der Waals surface area contributed by atoms with Gasteiger partial charge in [0.05, 0.1) is 6.04 Å². The van der Waals surface area contributed by atoms with E-state index in [-0.39, 0.29) is 12.1 Å². The van der Waals surface area contributed by atoms with Gasteiger partial charge in [-0.1, -0.05) is 17.7 Å². The molecule has 19 heavy (non-hydrogen) atoms. The van der Waals surface area contributed by atoms with Gasteiger partial charge in [-0.3, -0.25) is 4.90 Å². The fraction of sp³-hybridized carbons (Fsp3) is 0.643. The van der Waals surface area contributed by atoms with E-state index in [1.54, 1.807) is 0 Å². The predicted octanol–water partition coefficient (Wildman–Crippen LogP) is 2.35. The van der Waals surface area contributed by atoms with Gasteiger partial charge in [0, 0.05) is 11.1 Å². The minimum Gasteiger partial charge on any atom is -0.445 e. The molecule has 1 amide bonds. The molecule has 0 aromatic heterocycles. The Labute approximate surface area is 118 Å². The lowest BCUT2D eigenvalue weighted by atomic mass is 9.93. The van der Waals surface area contributed by atoms with Crippen LogP contribution in [-0.4, -0.2) is 54.7 Å². The molecule has 0 N–H and O–H groups in total. The zero-order valence-corrected chi connectivity index (χ0v) is 11.9. The SMILES string of the molecule is CN1CCC(N2C(=O)OCC3=CC(Cl)=CCC32)CC1. The summed E-state index contributed by atoms with van der Waals surface area (Å²) in [6.07, 6.45) is 6.63. The molecule has 3 aliphatic rings. The molecule has 0 aromatic rings. The molecule has 0 aromatic carbocycles. The standard InChI is InChI=1S/C14H19ClN2O2/c1-16-6-4-12(5-7-16)17-13-3-2-11(15)8-10(13)9-19-14(17)18/h2,8,12-13H,3-7,9H2,1H3. The van der Waals surface area contributed by atoms with Gasteiger partial charge < -0.3 is 9.64 Å². The molecule has 3 rings (SSSR count). The maximum atomic E-state index is 12.1. The lowest BCUT2D eigenvalue weighted by Crippen LogP contribution is -2.55. The molecule has 1 atom stereocenters. The largest absolute Gasteiger partial charge is 0.445 e. The smallest absolute Gasteiger partial charge is 0.410 e. The topological polar surface area (TPSA) is 32.8 Å². The third kappa shape index (κ3) is 2.51. The molecule has 2 saturated heterocycles. The molecule has 1 unspecified atom stereocenters. The lowest BCUT2D eigenvalue weighted by Gasteiger charge is -2.44. The van der Waals surface area contributed by atoms with Crippen LogP contribution >= 0.6 is 11.6 Å². The first kappa shape index (κ1) is 13.0. The van der Waals surface area contributed by atoms with Crippen LogP contribution < -0.4 is 0 Å². The Kier molecular flexibility index (Phi) is 3.54. The summed E-state index contributed by atoms with van der Waals surface area (Å²) in [7, 11) is 2.12. The highest BCUT2D eigenvalue weighted by Gasteiger charge is 2.39. The van der Waals surface area contributed by atoms with Crippen LogP contribution in [-0.2, 0) is 4.74 Å². The molecular formula is C14H19ClN2O2. The predicted molar refractivity (Wildman–Crippen MR) is 74.1 cm³/mol. The average molecular weight is 283 g/mol. The molecule has 4 nitrogen and oxygen atoms in total. The van der Waals surface area contributed by atoms with E-state index in [0.29, 0.717) is 12.6 Å². The Morgan fingerprint density at radius 3 is 2.84 bits per heavy atom. The van der Waals surface area contributed by atoms with Crippen LogP contribution in [0.4, 0.5) is 4.79 Å². The van der Waals surface area contributed by atoms with Gasteiger partial charge >= 0.3 is 6.09 Å². The Balaban J connectivity index is 1.79. The summed E-state index contributed by atoms with van der Waals surface area (Å²) in [6, 6.07) is 0.444. The maximum absolute atomic E-state index is 12.1. The number of cyclic esters (lactones) is 1. The molecule has 0 saturated carbocycles. The monoisotopic (exact) mass is 282 g/mol. The Hall–Kier alpha value is -1.00. The summed E-state index contributed by atoms with van der Waals surface area (Å²) in [5.41, 5.74) is 1.13. The zero-order valence-electron chi connectivity index (χ0n) is 11.1. The third-order valence-electron chi connectivity index (χ3n) is 4.28. The van der Waals surface area contributed by atoms with Crippen LogP contribution in [0.15, 0.2) is 22.8 Å². The number of carbonyl (C=O) groups excluding carboxylic acids is 1. The number of ether oxygens (including phenoxy) is 1. The first-order valence-electron chi connectivity index (χ1n) is 6.85. The van der Waals surface area contributed by atoms with E-state index < -0.39 is 0 Å². The zero-order chi connectivity index (χ0) is 13.4. The normalized spacial score (nSPS) is 29.5. The number of hydrogen-bond donors (Lipinski definition) is 0. The summed E-state index contributed by atoms with van der Waals surface area (Å²) in [5.74, 6) is 0. The van der Waals surface area contributed by atoms with Gasteiger partial charge in [0.25, 0.3) is 0 Å². The summed E-state index contributed by atoms with van der Waals surface area (Å²) >= 11 is 6.04. The van der Waals surface area contributed by atoms with Crippen molar-refractivity contribution in [3.8, 4) is 0 Å². The second-order valence-corrected chi connectivity index (χ2v) is 5.99. The van der Waals surface area contributed by atoms with Crippen molar-refractivity contribution in [3.63, 3.8) is 0 Å². The van der Waals surface area contributed by atoms with Crippen LogP contribution in [0.3, 0.4) is 0 Å². The minimum atomic E-state index is -0.164. The van der Waals surface area contributed by atoms with Crippen LogP contribution in [0, 0.1) is 0 Å². The van der Waals surface area contributed by atoms with Gasteiger partial charge in [-0.05, 0) is 51.0 Å². The molecular weight excluding hydrogens is 264 g/mol. The Morgan fingerprint density at radius 2 is 2.11 bits per heavy atom. The van der Waals surface area contributed by atoms with Crippen molar-refractivity contribution in [2.45, 2.75) is 31.3 Å². The second-order valence-electron chi connectivity index (χ2n) is 5.56. The number of carbonyl (C=O) groups is 1. The van der Waals surface area contributed by atoms with Gasteiger partial charge in [0.15, 0.2) is 0 Å². The highest BCUT2D eigenvalue weighted by atomic mass is 35.5. The number of halogens is 1. The van der Waals surface area contributed by atoms with Crippen LogP contribution in [0.1, 0.15) is 19.3 Å². The number of rotatable bonds is 1. The molecule has 2 fully saturated rings. The second kappa shape index (κ2) is 5.17. The summed E-state index contributed by atoms with van der Waals surface area (Å²) in [5, 5.41) is 0.757. The van der Waals surface area contributed by atoms with Crippen LogP contribution in [0.2, 0.25) is 0 Å². The maximum Gasteiger partial charge on any atom is 0.410 e. The van der Waals surface area contributed by atoms with Gasteiger partial charge in [0.1, 0.15) is 6.61 Å². The summed E-state index contributed by atoms with van der Waals surface area (Å²) in [4.78, 5) is 16.4. The number of hydrogen-bond acceptors (Lipinski definition) is 3. The lowest BCUT2D eigenvalue weighted by molar-refractivity contribution is 0.0350. The van der Waals surface area contributed by atoms with E-state index in [4.69, 9.17) is 16.3 Å². The van der Waals surface area contributed by atoms with Gasteiger partial charge in [-0.15, -0.1) is 0 Å². The molecule has 0 radical (unpaired) electrons. The van der Waals surface area contributed by atoms with E-state index >= 15 is 0 Å². The van der Waals surface area contributed by atoms with E-state index in [1.165, 1.54) is 0 Å². The number of amides is 1. The van der Waals surface area contributed by atoms with Crippen molar-refractivity contribution >= 4 is 17.7 Å². The van der Waals surface area contributed by atoms with E-state index in [1.807, 2.05) is 17.1 Å². The van der Waals surface area contributed by atoms with Gasteiger partial charge in [-0.2, -0.15) is 0 Å². The van der Waals surface area contributed by atoms with Gasteiger partial charge in [0.2, 0.25) is 0 Å². The van der Waals surface area contributed by atoms with Crippen molar-refractivity contribution < 1.29 is 9.53 Å². The fourth-order valence-corrected chi connectivity index (χ4v) is 3.39. The van der Waals surface area contributed by atoms with Crippen LogP contribution in [0.25, 0.3) is 0 Å². The number of allylic oxidation sites excluding steroid dienone is 2. The Bertz CT molecular complexity index is 439. The quantitative estimate of drug-likeness (QED) is 0.740. The first-order valence-corrected chi connectivity index (χ1v) is 7.22. The van der Waals surface area contributed by atoms with E-state index in [2.05, 4.69) is 11.9 Å². The minimum absolute atomic E-state index is 0.150. The average Bonchev–Trinajstić information content (AvgIpc) is 2.40. The number of likely N-dealkylation sites (tertiary alicyclic amines) is 1. The van der Waals surface area contributed by atoms with Crippen molar-refractivity contribution in [3.05, 3.63) is 22.8 Å². The van der Waals surface area contributed by atoms with Gasteiger partial charge in [-0.25, -0.2) is 4.79 Å². The van der Waals surface area contributed by atoms with Crippen molar-refractivity contribution in [2.24, 2.45) is 0 Å².